The van der Waals surface area contributed by atoms with Gasteiger partial charge >= 0.3 is 129 Å². The molecule has 0 spiro atoms. The molecule has 0 bridgehead atoms. The number of hydrogen-bond acceptors (Lipinski definition) is 8. The molecule has 2 aliphatic rings. The summed E-state index contributed by atoms with van der Waals surface area (Å²) in [5.74, 6) is -0.283. The largest absolute Gasteiger partial charge is 0.273 e. The van der Waals surface area contributed by atoms with Crippen molar-refractivity contribution in [3.8, 4) is 0 Å². The first kappa shape index (κ1) is 29.6. The quantitative estimate of drug-likeness (QED) is 0.125. The summed E-state index contributed by atoms with van der Waals surface area (Å²) in [5, 5.41) is 8.31. The Morgan fingerprint density at radius 2 is 1.86 bits per heavy atom. The summed E-state index contributed by atoms with van der Waals surface area (Å²) in [5.41, 5.74) is 0. The van der Waals surface area contributed by atoms with E-state index in [0.29, 0.717) is 51.2 Å². The Bertz CT molecular complexity index is 802. The molecule has 4 amide bonds. The maximum Gasteiger partial charge on any atom is 0.242 e. The van der Waals surface area contributed by atoms with Crippen LogP contribution in [0.15, 0.2) is 4.67 Å². The fourth-order valence-corrected chi connectivity index (χ4v) is 5.64. The van der Waals surface area contributed by atoms with Gasteiger partial charge in [-0.2, -0.15) is 0 Å². The Kier molecular flexibility index (Phi) is 13.7. The summed E-state index contributed by atoms with van der Waals surface area (Å²) >= 11 is 1.41. The first-order valence-corrected chi connectivity index (χ1v) is 13.9. The Morgan fingerprint density at radius 3 is 2.54 bits per heavy atom. The van der Waals surface area contributed by atoms with Crippen molar-refractivity contribution in [1.82, 2.24) is 20.8 Å². The number of amides is 4. The van der Waals surface area contributed by atoms with Crippen LogP contribution in [-0.2, 0) is 24.0 Å². The van der Waals surface area contributed by atoms with Crippen LogP contribution < -0.4 is 15.9 Å². The summed E-state index contributed by atoms with van der Waals surface area (Å²) in [6.45, 7) is 3.77. The Balaban J connectivity index is 1.53. The molecule has 194 valence electrons. The van der Waals surface area contributed by atoms with Crippen molar-refractivity contribution in [1.29, 1.82) is 0 Å². The van der Waals surface area contributed by atoms with Gasteiger partial charge in [0.1, 0.15) is 0 Å². The number of hydrogen-bond donors (Lipinski definition) is 3. The molecule has 0 radical (unpaired) electrons. The van der Waals surface area contributed by atoms with Gasteiger partial charge in [-0.15, -0.1) is 11.8 Å². The predicted molar refractivity (Wildman–Crippen MR) is 139 cm³/mol. The van der Waals surface area contributed by atoms with Crippen LogP contribution >= 0.6 is 21.2 Å². The molecule has 0 aromatic rings. The predicted octanol–water partition coefficient (Wildman–Crippen LogP) is 0.828. The molecule has 1 saturated carbocycles. The van der Waals surface area contributed by atoms with Crippen LogP contribution in [-0.4, -0.2) is 78.7 Å². The van der Waals surface area contributed by atoms with Crippen molar-refractivity contribution in [3.05, 3.63) is 0 Å². The number of likely N-dealkylation sites (tertiary alicyclic amines) is 1. The summed E-state index contributed by atoms with van der Waals surface area (Å²) in [4.78, 5) is 62.1. The second kappa shape index (κ2) is 16.2. The van der Waals surface area contributed by atoms with E-state index < -0.39 is 0 Å². The third-order valence-electron chi connectivity index (χ3n) is 6.37. The Hall–Kier alpha value is -1.65. The van der Waals surface area contributed by atoms with Crippen molar-refractivity contribution in [2.45, 2.75) is 63.5 Å². The molecule has 1 aliphatic heterocycles. The standard InChI is InChI=1S/C22H37BN5O5PS/c1-2-28-20(31)14-18(22(28)33)35-13-12-25-19(30)9-11-24-10-5-8-17(29)15-6-3-4-7-16(15)21(32)26-23-27-34/h15-16,18,24H,2-14,34H2,1H3,(H,25,30)(H,26,32)/t15?,16-,18?/m1/s1. The third kappa shape index (κ3) is 9.73. The molecule has 4 atom stereocenters. The minimum Gasteiger partial charge on any atom is -0.273 e. The fourth-order valence-electron chi connectivity index (χ4n) is 4.53. The van der Waals surface area contributed by atoms with Gasteiger partial charge in [-0.1, -0.05) is 0 Å². The average Bonchev–Trinajstić information content (AvgIpc) is 3.14. The summed E-state index contributed by atoms with van der Waals surface area (Å²) in [7, 11) is 3.49. The van der Waals surface area contributed by atoms with Crippen LogP contribution in [0.25, 0.3) is 0 Å². The summed E-state index contributed by atoms with van der Waals surface area (Å²) in [6.07, 6.45) is 5.05. The SMILES string of the molecule is CCN1C(=O)CC(SCCNC(=O)CCNCCCC(=O)C2CCCC[C@H]2C(=O)NB=NP)C1=O. The van der Waals surface area contributed by atoms with Crippen molar-refractivity contribution in [2.75, 3.05) is 31.9 Å². The van der Waals surface area contributed by atoms with Crippen molar-refractivity contribution >= 4 is 57.8 Å². The topological polar surface area (TPSA) is 137 Å². The molecular formula is C22H37BN5O5PS. The maximum atomic E-state index is 12.7. The van der Waals surface area contributed by atoms with E-state index in [1.165, 1.54) is 23.9 Å². The number of ketones is 1. The van der Waals surface area contributed by atoms with Crippen LogP contribution in [0.5, 0.6) is 0 Å². The van der Waals surface area contributed by atoms with Crippen molar-refractivity contribution in [3.63, 3.8) is 0 Å². The second-order valence-corrected chi connectivity index (χ2v) is 10.4. The Labute approximate surface area is 214 Å². The molecule has 2 fully saturated rings. The molecule has 35 heavy (non-hydrogen) atoms. The number of nitrogens with zero attached hydrogens (tertiary/aromatic N) is 2. The molecule has 1 saturated heterocycles. The van der Waals surface area contributed by atoms with Crippen molar-refractivity contribution in [2.24, 2.45) is 16.5 Å². The van der Waals surface area contributed by atoms with E-state index in [4.69, 9.17) is 0 Å². The molecule has 0 aromatic heterocycles. The minimum absolute atomic E-state index is 0.0803. The summed E-state index contributed by atoms with van der Waals surface area (Å²) in [6, 6.07) is 0. The monoisotopic (exact) mass is 525 g/mol. The van der Waals surface area contributed by atoms with Gasteiger partial charge < -0.3 is 5.32 Å². The van der Waals surface area contributed by atoms with E-state index in [1.807, 2.05) is 0 Å². The maximum absolute atomic E-state index is 12.7. The van der Waals surface area contributed by atoms with E-state index in [1.54, 1.807) is 6.92 Å². The second-order valence-electron chi connectivity index (χ2n) is 8.74. The van der Waals surface area contributed by atoms with E-state index in [0.717, 1.165) is 25.7 Å². The number of carbonyl (C=O) groups is 5. The molecule has 10 nitrogen and oxygen atoms in total. The van der Waals surface area contributed by atoms with Gasteiger partial charge in [-0.25, -0.2) is 0 Å². The zero-order valence-corrected chi connectivity index (χ0v) is 22.4. The van der Waals surface area contributed by atoms with Gasteiger partial charge in [-0.05, 0) is 6.92 Å². The van der Waals surface area contributed by atoms with E-state index in [-0.39, 0.29) is 52.9 Å². The number of nitrogens with one attached hydrogen (secondary N) is 3. The first-order valence-electron chi connectivity index (χ1n) is 12.4. The number of thioether (sulfide) groups is 1. The molecule has 2 rings (SSSR count). The molecule has 0 aromatic carbocycles. The summed E-state index contributed by atoms with van der Waals surface area (Å²) < 4.78 is 3.69. The Morgan fingerprint density at radius 1 is 1.11 bits per heavy atom. The molecule has 3 N–H and O–H groups in total. The normalized spacial score (nSPS) is 22.3. The van der Waals surface area contributed by atoms with Crippen LogP contribution in [0.3, 0.4) is 0 Å². The van der Waals surface area contributed by atoms with Crippen LogP contribution in [0.1, 0.15) is 58.3 Å². The van der Waals surface area contributed by atoms with E-state index >= 15 is 0 Å². The van der Waals surface area contributed by atoms with E-state index in [2.05, 4.69) is 29.9 Å². The molecule has 1 heterocycles. The van der Waals surface area contributed by atoms with Gasteiger partial charge in [-0.3, -0.25) is 19.3 Å². The van der Waals surface area contributed by atoms with Crippen molar-refractivity contribution < 1.29 is 24.0 Å². The zero-order valence-electron chi connectivity index (χ0n) is 20.4. The molecule has 3 unspecified atom stereocenters. The van der Waals surface area contributed by atoms with Crippen LogP contribution in [0.2, 0.25) is 0 Å². The molecule has 1 aliphatic carbocycles. The van der Waals surface area contributed by atoms with Crippen LogP contribution in [0, 0.1) is 11.8 Å². The molecule has 13 heteroatoms. The number of carbonyl (C=O) groups excluding carboxylic acids is 5. The van der Waals surface area contributed by atoms with Gasteiger partial charge in [0.05, 0.1) is 5.25 Å². The van der Waals surface area contributed by atoms with Gasteiger partial charge in [0.15, 0.2) is 0 Å². The van der Waals surface area contributed by atoms with Gasteiger partial charge in [0, 0.05) is 25.3 Å². The van der Waals surface area contributed by atoms with Gasteiger partial charge in [0.25, 0.3) is 0 Å². The minimum atomic E-state index is -0.341. The van der Waals surface area contributed by atoms with Gasteiger partial charge in [0.2, 0.25) is 11.8 Å². The average molecular weight is 525 g/mol. The molecular weight excluding hydrogens is 488 g/mol. The number of Topliss-reactive ketones (excluding diaryl/α,β-unsaturated/α-hetero) is 1. The van der Waals surface area contributed by atoms with Crippen LogP contribution in [0.4, 0.5) is 0 Å². The van der Waals surface area contributed by atoms with E-state index in [9.17, 15) is 24.0 Å². The smallest absolute Gasteiger partial charge is 0.242 e. The zero-order chi connectivity index (χ0) is 25.6. The number of rotatable bonds is 15. The first-order chi connectivity index (χ1) is 16.9. The number of imide groups is 1. The fraction of sp³-hybridized carbons (Fsp3) is 0.773. The third-order valence-corrected chi connectivity index (χ3v) is 7.72.